The first kappa shape index (κ1) is 16.6. The topological polar surface area (TPSA) is 67.8 Å². The van der Waals surface area contributed by atoms with E-state index in [2.05, 4.69) is 5.32 Å². The Bertz CT molecular complexity index is 409. The molecular weight excluding hydrogens is 258 g/mol. The van der Waals surface area contributed by atoms with Crippen LogP contribution in [-0.2, 0) is 4.74 Å². The molecule has 1 aromatic rings. The number of nitrogens with one attached hydrogen (secondary N) is 1. The van der Waals surface area contributed by atoms with Gasteiger partial charge in [0.2, 0.25) is 0 Å². The second-order valence-corrected chi connectivity index (χ2v) is 4.31. The number of para-hydroxylation sites is 1. The number of ketones is 1. The van der Waals surface area contributed by atoms with Gasteiger partial charge in [-0.05, 0) is 26.0 Å². The molecule has 1 atom stereocenters. The number of carbonyl (C=O) groups excluding carboxylic acids is 1. The second kappa shape index (κ2) is 9.47. The van der Waals surface area contributed by atoms with Crippen LogP contribution >= 0.6 is 0 Å². The van der Waals surface area contributed by atoms with Gasteiger partial charge in [-0.25, -0.2) is 0 Å². The van der Waals surface area contributed by atoms with E-state index in [0.717, 1.165) is 0 Å². The van der Waals surface area contributed by atoms with E-state index in [4.69, 9.17) is 14.6 Å². The van der Waals surface area contributed by atoms with Crippen molar-refractivity contribution in [1.29, 1.82) is 0 Å². The molecule has 0 heterocycles. The zero-order valence-electron chi connectivity index (χ0n) is 12.1. The van der Waals surface area contributed by atoms with Gasteiger partial charge in [-0.3, -0.25) is 4.79 Å². The normalized spacial score (nSPS) is 12.2. The number of aliphatic hydroxyl groups is 1. The molecule has 2 N–H and O–H groups in total. The molecule has 5 nitrogen and oxygen atoms in total. The molecule has 0 spiro atoms. The van der Waals surface area contributed by atoms with Gasteiger partial charge in [0, 0.05) is 6.54 Å². The Morgan fingerprint density at radius 2 is 2.10 bits per heavy atom. The van der Waals surface area contributed by atoms with E-state index in [1.165, 1.54) is 0 Å². The zero-order valence-corrected chi connectivity index (χ0v) is 12.1. The third kappa shape index (κ3) is 5.28. The Labute approximate surface area is 119 Å². The summed E-state index contributed by atoms with van der Waals surface area (Å²) in [6, 6.07) is 6.94. The summed E-state index contributed by atoms with van der Waals surface area (Å²) in [7, 11) is 0. The third-order valence-corrected chi connectivity index (χ3v) is 2.78. The molecule has 20 heavy (non-hydrogen) atoms. The molecule has 0 bridgehead atoms. The molecule has 0 aliphatic rings. The molecule has 1 unspecified atom stereocenters. The summed E-state index contributed by atoms with van der Waals surface area (Å²) in [6.45, 7) is 5.59. The van der Waals surface area contributed by atoms with Crippen molar-refractivity contribution in [2.75, 3.05) is 33.0 Å². The first-order valence-corrected chi connectivity index (χ1v) is 6.88. The molecule has 0 aliphatic carbocycles. The quantitative estimate of drug-likeness (QED) is 0.499. The number of hydrogen-bond acceptors (Lipinski definition) is 5. The number of carbonyl (C=O) groups is 1. The molecule has 1 aromatic carbocycles. The Balaban J connectivity index is 2.51. The van der Waals surface area contributed by atoms with Gasteiger partial charge in [0.1, 0.15) is 5.75 Å². The summed E-state index contributed by atoms with van der Waals surface area (Å²) in [5.41, 5.74) is 0.589. The van der Waals surface area contributed by atoms with Gasteiger partial charge >= 0.3 is 0 Å². The number of rotatable bonds is 10. The lowest BCUT2D eigenvalue weighted by atomic mass is 10.0. The van der Waals surface area contributed by atoms with Crippen LogP contribution in [-0.4, -0.2) is 49.9 Å². The number of benzene rings is 1. The molecule has 0 fully saturated rings. The maximum absolute atomic E-state index is 12.3. The third-order valence-electron chi connectivity index (χ3n) is 2.78. The van der Waals surface area contributed by atoms with E-state index >= 15 is 0 Å². The number of hydrogen-bond donors (Lipinski definition) is 2. The van der Waals surface area contributed by atoms with Crippen LogP contribution in [0.2, 0.25) is 0 Å². The maximum Gasteiger partial charge on any atom is 0.183 e. The summed E-state index contributed by atoms with van der Waals surface area (Å²) < 4.78 is 10.6. The van der Waals surface area contributed by atoms with E-state index in [1.54, 1.807) is 12.1 Å². The average Bonchev–Trinajstić information content (AvgIpc) is 2.47. The van der Waals surface area contributed by atoms with Crippen LogP contribution in [0.15, 0.2) is 24.3 Å². The largest absolute Gasteiger partial charge is 0.493 e. The van der Waals surface area contributed by atoms with Gasteiger partial charge in [-0.1, -0.05) is 12.1 Å². The minimum Gasteiger partial charge on any atom is -0.493 e. The van der Waals surface area contributed by atoms with Crippen molar-refractivity contribution in [3.05, 3.63) is 29.8 Å². The van der Waals surface area contributed by atoms with Crippen LogP contribution in [0.3, 0.4) is 0 Å². The van der Waals surface area contributed by atoms with E-state index in [1.807, 2.05) is 26.0 Å². The van der Waals surface area contributed by atoms with E-state index in [9.17, 15) is 4.79 Å². The highest BCUT2D eigenvalue weighted by Crippen LogP contribution is 2.19. The van der Waals surface area contributed by atoms with Gasteiger partial charge in [0.05, 0.1) is 38.0 Å². The van der Waals surface area contributed by atoms with E-state index < -0.39 is 0 Å². The fourth-order valence-corrected chi connectivity index (χ4v) is 1.79. The summed E-state index contributed by atoms with van der Waals surface area (Å²) >= 11 is 0. The van der Waals surface area contributed by atoms with Crippen LogP contribution in [0.1, 0.15) is 24.2 Å². The first-order valence-electron chi connectivity index (χ1n) is 6.88. The molecule has 0 saturated heterocycles. The van der Waals surface area contributed by atoms with Crippen molar-refractivity contribution < 1.29 is 19.4 Å². The average molecular weight is 281 g/mol. The second-order valence-electron chi connectivity index (χ2n) is 4.31. The van der Waals surface area contributed by atoms with Crippen molar-refractivity contribution in [3.63, 3.8) is 0 Å². The van der Waals surface area contributed by atoms with Crippen molar-refractivity contribution in [2.24, 2.45) is 0 Å². The Morgan fingerprint density at radius 1 is 1.35 bits per heavy atom. The molecular formula is C15H23NO4. The maximum atomic E-state index is 12.3. The predicted molar refractivity (Wildman–Crippen MR) is 77.3 cm³/mol. The molecule has 0 radical (unpaired) electrons. The molecule has 0 amide bonds. The number of ether oxygens (including phenoxy) is 2. The van der Waals surface area contributed by atoms with Gasteiger partial charge in [0.15, 0.2) is 5.78 Å². The van der Waals surface area contributed by atoms with Gasteiger partial charge in [-0.2, -0.15) is 0 Å². The molecule has 5 heteroatoms. The SMILES string of the molecule is CCOc1ccccc1C(=O)C(C)NCCOCCO. The highest BCUT2D eigenvalue weighted by molar-refractivity contribution is 6.02. The van der Waals surface area contributed by atoms with Crippen LogP contribution in [0.4, 0.5) is 0 Å². The predicted octanol–water partition coefficient (Wildman–Crippen LogP) is 1.25. The highest BCUT2D eigenvalue weighted by atomic mass is 16.5. The monoisotopic (exact) mass is 281 g/mol. The van der Waals surface area contributed by atoms with Crippen molar-refractivity contribution >= 4 is 5.78 Å². The number of Topliss-reactive ketones (excluding diaryl/α,β-unsaturated/α-hetero) is 1. The van der Waals surface area contributed by atoms with E-state index in [-0.39, 0.29) is 18.4 Å². The standard InChI is InChI=1S/C15H23NO4/c1-3-20-14-7-5-4-6-13(14)15(18)12(2)16-8-10-19-11-9-17/h4-7,12,16-17H,3,8-11H2,1-2H3. The van der Waals surface area contributed by atoms with Crippen molar-refractivity contribution in [1.82, 2.24) is 5.32 Å². The van der Waals surface area contributed by atoms with Crippen molar-refractivity contribution in [3.8, 4) is 5.75 Å². The Morgan fingerprint density at radius 3 is 2.80 bits per heavy atom. The van der Waals surface area contributed by atoms with Gasteiger partial charge in [-0.15, -0.1) is 0 Å². The molecule has 0 aromatic heterocycles. The van der Waals surface area contributed by atoms with Gasteiger partial charge < -0.3 is 19.9 Å². The summed E-state index contributed by atoms with van der Waals surface area (Å²) in [5, 5.41) is 11.7. The fraction of sp³-hybridized carbons (Fsp3) is 0.533. The van der Waals surface area contributed by atoms with Crippen molar-refractivity contribution in [2.45, 2.75) is 19.9 Å². The lowest BCUT2D eigenvalue weighted by Gasteiger charge is -2.15. The lowest BCUT2D eigenvalue weighted by Crippen LogP contribution is -2.36. The van der Waals surface area contributed by atoms with Crippen LogP contribution < -0.4 is 10.1 Å². The molecule has 0 aliphatic heterocycles. The number of aliphatic hydroxyl groups excluding tert-OH is 1. The fourth-order valence-electron chi connectivity index (χ4n) is 1.79. The zero-order chi connectivity index (χ0) is 14.8. The van der Waals surface area contributed by atoms with Crippen LogP contribution in [0.5, 0.6) is 5.75 Å². The Kier molecular flexibility index (Phi) is 7.87. The van der Waals surface area contributed by atoms with Crippen LogP contribution in [0.25, 0.3) is 0 Å². The Hall–Kier alpha value is -1.43. The van der Waals surface area contributed by atoms with Crippen LogP contribution in [0, 0.1) is 0 Å². The minimum absolute atomic E-state index is 0.00351. The smallest absolute Gasteiger partial charge is 0.183 e. The molecule has 0 saturated carbocycles. The summed E-state index contributed by atoms with van der Waals surface area (Å²) in [5.74, 6) is 0.612. The summed E-state index contributed by atoms with van der Waals surface area (Å²) in [4.78, 5) is 12.3. The molecule has 112 valence electrons. The summed E-state index contributed by atoms with van der Waals surface area (Å²) in [6.07, 6.45) is 0. The minimum atomic E-state index is -0.311. The van der Waals surface area contributed by atoms with E-state index in [0.29, 0.717) is 37.7 Å². The highest BCUT2D eigenvalue weighted by Gasteiger charge is 2.18. The first-order chi connectivity index (χ1) is 9.70. The lowest BCUT2D eigenvalue weighted by molar-refractivity contribution is 0.0868. The molecule has 1 rings (SSSR count). The van der Waals surface area contributed by atoms with Gasteiger partial charge in [0.25, 0.3) is 0 Å².